The zero-order valence-corrected chi connectivity index (χ0v) is 13.3. The summed E-state index contributed by atoms with van der Waals surface area (Å²) in [7, 11) is -3.65. The Morgan fingerprint density at radius 3 is 2.83 bits per heavy atom. The second kappa shape index (κ2) is 6.44. The van der Waals surface area contributed by atoms with Crippen LogP contribution in [-0.4, -0.2) is 27.5 Å². The highest BCUT2D eigenvalue weighted by Gasteiger charge is 2.27. The van der Waals surface area contributed by atoms with E-state index in [1.165, 1.54) is 12.3 Å². The summed E-state index contributed by atoms with van der Waals surface area (Å²) in [6.07, 6.45) is 2.95. The van der Waals surface area contributed by atoms with Gasteiger partial charge in [-0.2, -0.15) is 5.26 Å². The summed E-state index contributed by atoms with van der Waals surface area (Å²) >= 11 is 0. The average molecular weight is 331 g/mol. The third-order valence-electron chi connectivity index (χ3n) is 3.87. The number of sulfonamides is 1. The number of furan rings is 1. The van der Waals surface area contributed by atoms with Crippen molar-refractivity contribution in [3.05, 3.63) is 48.2 Å². The number of anilines is 1. The molecule has 1 saturated heterocycles. The standard InChI is InChI=1S/C16H17N3O3S/c17-11-13-5-1-2-7-15(13)19-9-3-6-14(12-19)18-23(20,21)16-8-4-10-22-16/h1-2,4-5,7-8,10,14,18H,3,6,9,12H2. The van der Waals surface area contributed by atoms with E-state index in [0.29, 0.717) is 12.1 Å². The molecule has 0 saturated carbocycles. The molecule has 23 heavy (non-hydrogen) atoms. The Morgan fingerprint density at radius 2 is 2.09 bits per heavy atom. The van der Waals surface area contributed by atoms with Crippen LogP contribution in [-0.2, 0) is 10.0 Å². The number of hydrogen-bond donors (Lipinski definition) is 1. The Kier molecular flexibility index (Phi) is 4.37. The molecule has 0 amide bonds. The molecule has 0 aliphatic carbocycles. The first kappa shape index (κ1) is 15.6. The van der Waals surface area contributed by atoms with Gasteiger partial charge in [-0.3, -0.25) is 0 Å². The second-order valence-electron chi connectivity index (χ2n) is 5.47. The monoisotopic (exact) mass is 331 g/mol. The molecular weight excluding hydrogens is 314 g/mol. The van der Waals surface area contributed by atoms with Gasteiger partial charge in [-0.25, -0.2) is 13.1 Å². The molecule has 1 aliphatic rings. The number of nitriles is 1. The fourth-order valence-corrected chi connectivity index (χ4v) is 4.02. The number of nitrogens with zero attached hydrogens (tertiary/aromatic N) is 2. The fraction of sp³-hybridized carbons (Fsp3) is 0.312. The van der Waals surface area contributed by atoms with Crippen LogP contribution in [0.2, 0.25) is 0 Å². The summed E-state index contributed by atoms with van der Waals surface area (Å²) in [5.74, 6) is 0. The van der Waals surface area contributed by atoms with Crippen LogP contribution in [0.1, 0.15) is 18.4 Å². The van der Waals surface area contributed by atoms with Crippen molar-refractivity contribution >= 4 is 15.7 Å². The van der Waals surface area contributed by atoms with E-state index in [1.807, 2.05) is 18.2 Å². The van der Waals surface area contributed by atoms with E-state index >= 15 is 0 Å². The topological polar surface area (TPSA) is 86.3 Å². The number of benzene rings is 1. The van der Waals surface area contributed by atoms with Crippen LogP contribution >= 0.6 is 0 Å². The molecule has 1 aromatic heterocycles. The van der Waals surface area contributed by atoms with Gasteiger partial charge in [-0.15, -0.1) is 0 Å². The maximum atomic E-state index is 12.3. The van der Waals surface area contributed by atoms with Crippen LogP contribution in [0.5, 0.6) is 0 Å². The highest BCUT2D eigenvalue weighted by molar-refractivity contribution is 7.89. The van der Waals surface area contributed by atoms with Gasteiger partial charge in [-0.05, 0) is 37.1 Å². The second-order valence-corrected chi connectivity index (χ2v) is 7.11. The molecule has 1 fully saturated rings. The quantitative estimate of drug-likeness (QED) is 0.927. The van der Waals surface area contributed by atoms with Crippen LogP contribution < -0.4 is 9.62 Å². The third-order valence-corrected chi connectivity index (χ3v) is 5.27. The molecular formula is C16H17N3O3S. The molecule has 2 heterocycles. The van der Waals surface area contributed by atoms with E-state index in [9.17, 15) is 13.7 Å². The first-order chi connectivity index (χ1) is 11.1. The van der Waals surface area contributed by atoms with Crippen LogP contribution in [0.3, 0.4) is 0 Å². The van der Waals surface area contributed by atoms with Crippen molar-refractivity contribution in [3.63, 3.8) is 0 Å². The fourth-order valence-electron chi connectivity index (χ4n) is 2.83. The summed E-state index contributed by atoms with van der Waals surface area (Å²) in [5, 5.41) is 9.15. The Hall–Kier alpha value is -2.30. The predicted octanol–water partition coefficient (Wildman–Crippen LogP) is 2.10. The lowest BCUT2D eigenvalue weighted by Gasteiger charge is -2.34. The molecule has 1 aromatic carbocycles. The van der Waals surface area contributed by atoms with Crippen molar-refractivity contribution in [1.29, 1.82) is 5.26 Å². The van der Waals surface area contributed by atoms with E-state index in [1.54, 1.807) is 12.1 Å². The Morgan fingerprint density at radius 1 is 1.26 bits per heavy atom. The summed E-state index contributed by atoms with van der Waals surface area (Å²) in [5.41, 5.74) is 1.44. The summed E-state index contributed by atoms with van der Waals surface area (Å²) < 4.78 is 32.2. The van der Waals surface area contributed by atoms with Gasteiger partial charge in [0.25, 0.3) is 10.0 Å². The molecule has 0 radical (unpaired) electrons. The molecule has 0 bridgehead atoms. The van der Waals surface area contributed by atoms with Crippen LogP contribution in [0.4, 0.5) is 5.69 Å². The predicted molar refractivity (Wildman–Crippen MR) is 85.4 cm³/mol. The van der Waals surface area contributed by atoms with Crippen LogP contribution in [0, 0.1) is 11.3 Å². The third kappa shape index (κ3) is 3.38. The number of hydrogen-bond acceptors (Lipinski definition) is 5. The van der Waals surface area contributed by atoms with E-state index < -0.39 is 10.0 Å². The Balaban J connectivity index is 1.76. The zero-order chi connectivity index (χ0) is 16.3. The molecule has 3 rings (SSSR count). The molecule has 1 aliphatic heterocycles. The summed E-state index contributed by atoms with van der Waals surface area (Å²) in [4.78, 5) is 2.05. The van der Waals surface area contributed by atoms with E-state index in [0.717, 1.165) is 25.1 Å². The van der Waals surface area contributed by atoms with Crippen molar-refractivity contribution in [1.82, 2.24) is 4.72 Å². The number of nitrogens with one attached hydrogen (secondary N) is 1. The largest absolute Gasteiger partial charge is 0.452 e. The Bertz CT molecular complexity index is 809. The first-order valence-corrected chi connectivity index (χ1v) is 8.88. The van der Waals surface area contributed by atoms with Crippen molar-refractivity contribution < 1.29 is 12.8 Å². The number of piperidine rings is 1. The molecule has 1 atom stereocenters. The normalized spacial score (nSPS) is 18.6. The summed E-state index contributed by atoms with van der Waals surface area (Å²) in [6, 6.07) is 12.3. The highest BCUT2D eigenvalue weighted by atomic mass is 32.2. The van der Waals surface area contributed by atoms with Gasteiger partial charge in [0.15, 0.2) is 0 Å². The molecule has 7 heteroatoms. The number of para-hydroxylation sites is 1. The SMILES string of the molecule is N#Cc1ccccc1N1CCCC(NS(=O)(=O)c2ccco2)C1. The Labute approximate surface area is 135 Å². The van der Waals surface area contributed by atoms with E-state index in [2.05, 4.69) is 15.7 Å². The van der Waals surface area contributed by atoms with Crippen molar-refractivity contribution in [3.8, 4) is 6.07 Å². The molecule has 2 aromatic rings. The zero-order valence-electron chi connectivity index (χ0n) is 12.5. The minimum absolute atomic E-state index is 0.0768. The van der Waals surface area contributed by atoms with Gasteiger partial charge in [0.1, 0.15) is 6.07 Å². The van der Waals surface area contributed by atoms with Crippen molar-refractivity contribution in [2.45, 2.75) is 24.0 Å². The minimum Gasteiger partial charge on any atom is -0.452 e. The lowest BCUT2D eigenvalue weighted by molar-refractivity contribution is 0.427. The number of rotatable bonds is 4. The van der Waals surface area contributed by atoms with Gasteiger partial charge >= 0.3 is 0 Å². The van der Waals surface area contributed by atoms with Gasteiger partial charge in [0, 0.05) is 19.1 Å². The molecule has 1 N–H and O–H groups in total. The van der Waals surface area contributed by atoms with Gasteiger partial charge in [0.05, 0.1) is 17.5 Å². The van der Waals surface area contributed by atoms with Gasteiger partial charge in [0.2, 0.25) is 5.09 Å². The molecule has 6 nitrogen and oxygen atoms in total. The lowest BCUT2D eigenvalue weighted by atomic mass is 10.0. The van der Waals surface area contributed by atoms with E-state index in [4.69, 9.17) is 4.42 Å². The average Bonchev–Trinajstić information content (AvgIpc) is 3.10. The van der Waals surface area contributed by atoms with Crippen molar-refractivity contribution in [2.24, 2.45) is 0 Å². The van der Waals surface area contributed by atoms with Crippen molar-refractivity contribution in [2.75, 3.05) is 18.0 Å². The van der Waals surface area contributed by atoms with Crippen LogP contribution in [0.15, 0.2) is 52.2 Å². The van der Waals surface area contributed by atoms with Gasteiger partial charge in [-0.1, -0.05) is 12.1 Å². The maximum absolute atomic E-state index is 12.3. The molecule has 120 valence electrons. The highest BCUT2D eigenvalue weighted by Crippen LogP contribution is 2.24. The maximum Gasteiger partial charge on any atom is 0.274 e. The van der Waals surface area contributed by atoms with E-state index in [-0.39, 0.29) is 11.1 Å². The lowest BCUT2D eigenvalue weighted by Crippen LogP contribution is -2.47. The van der Waals surface area contributed by atoms with Crippen LogP contribution in [0.25, 0.3) is 0 Å². The first-order valence-electron chi connectivity index (χ1n) is 7.40. The molecule has 1 unspecified atom stereocenters. The smallest absolute Gasteiger partial charge is 0.274 e. The molecule has 0 spiro atoms. The minimum atomic E-state index is -3.65. The summed E-state index contributed by atoms with van der Waals surface area (Å²) in [6.45, 7) is 1.33. The van der Waals surface area contributed by atoms with Gasteiger partial charge < -0.3 is 9.32 Å².